The minimum absolute atomic E-state index is 0.210. The Morgan fingerprint density at radius 2 is 1.61 bits per heavy atom. The zero-order chi connectivity index (χ0) is 16.6. The van der Waals surface area contributed by atoms with Crippen molar-refractivity contribution in [3.63, 3.8) is 0 Å². The minimum Gasteiger partial charge on any atom is -0.467 e. The molecule has 4 aliphatic carbocycles. The number of hydrogen-bond donors (Lipinski definition) is 2. The van der Waals surface area contributed by atoms with Crippen molar-refractivity contribution in [1.82, 2.24) is 10.6 Å². The maximum atomic E-state index is 12.4. The zero-order valence-electron chi connectivity index (χ0n) is 14.5. The monoisotopic (exact) mass is 322 g/mol. The average Bonchev–Trinajstić information content (AvgIpc) is 2.48. The molecule has 0 heterocycles. The van der Waals surface area contributed by atoms with Crippen molar-refractivity contribution < 1.29 is 14.3 Å². The summed E-state index contributed by atoms with van der Waals surface area (Å²) >= 11 is 0. The van der Waals surface area contributed by atoms with E-state index in [1.165, 1.54) is 39.2 Å². The lowest BCUT2D eigenvalue weighted by molar-refractivity contribution is -0.143. The van der Waals surface area contributed by atoms with Crippen LogP contribution >= 0.6 is 0 Å². The third-order valence-corrected chi connectivity index (χ3v) is 6.02. The number of carbonyl (C=O) groups is 2. The highest BCUT2D eigenvalue weighted by atomic mass is 16.5. The lowest BCUT2D eigenvalue weighted by Crippen LogP contribution is -2.59. The van der Waals surface area contributed by atoms with Crippen LogP contribution in [0.15, 0.2) is 0 Å². The number of nitrogens with one attached hydrogen (secondary N) is 2. The SMILES string of the molecule is COC(=O)[C@H](CC(C)C)NC(=O)NC1C2CC3CC(C2)CC1C3. The first-order valence-corrected chi connectivity index (χ1v) is 9.11. The Balaban J connectivity index is 1.57. The first kappa shape index (κ1) is 16.6. The van der Waals surface area contributed by atoms with Crippen molar-refractivity contribution in [3.05, 3.63) is 0 Å². The number of amides is 2. The molecule has 0 radical (unpaired) electrons. The first-order chi connectivity index (χ1) is 11.0. The quantitative estimate of drug-likeness (QED) is 0.765. The van der Waals surface area contributed by atoms with E-state index < -0.39 is 6.04 Å². The molecular formula is C18H30N2O3. The van der Waals surface area contributed by atoms with Gasteiger partial charge in [-0.2, -0.15) is 0 Å². The molecule has 0 unspecified atom stereocenters. The molecule has 0 aromatic heterocycles. The van der Waals surface area contributed by atoms with Gasteiger partial charge in [0.05, 0.1) is 7.11 Å². The van der Waals surface area contributed by atoms with Crippen molar-refractivity contribution >= 4 is 12.0 Å². The number of ether oxygens (including phenoxy) is 1. The van der Waals surface area contributed by atoms with Crippen LogP contribution in [-0.2, 0) is 9.53 Å². The maximum Gasteiger partial charge on any atom is 0.328 e. The van der Waals surface area contributed by atoms with E-state index in [9.17, 15) is 9.59 Å². The van der Waals surface area contributed by atoms with E-state index in [2.05, 4.69) is 10.6 Å². The second-order valence-electron chi connectivity index (χ2n) is 8.28. The number of urea groups is 1. The molecule has 4 saturated carbocycles. The summed E-state index contributed by atoms with van der Waals surface area (Å²) in [6, 6.07) is -0.476. The Hall–Kier alpha value is -1.26. The third-order valence-electron chi connectivity index (χ3n) is 6.02. The molecule has 0 saturated heterocycles. The Morgan fingerprint density at radius 3 is 2.09 bits per heavy atom. The normalized spacial score (nSPS) is 35.9. The van der Waals surface area contributed by atoms with E-state index in [-0.39, 0.29) is 12.0 Å². The van der Waals surface area contributed by atoms with Crippen molar-refractivity contribution in [2.24, 2.45) is 29.6 Å². The molecule has 5 heteroatoms. The molecule has 4 rings (SSSR count). The first-order valence-electron chi connectivity index (χ1n) is 9.11. The highest BCUT2D eigenvalue weighted by Gasteiger charge is 2.48. The molecule has 2 N–H and O–H groups in total. The van der Waals surface area contributed by atoms with Gasteiger partial charge < -0.3 is 15.4 Å². The van der Waals surface area contributed by atoms with Crippen LogP contribution in [0.1, 0.15) is 52.4 Å². The van der Waals surface area contributed by atoms with E-state index in [0.29, 0.717) is 30.2 Å². The predicted octanol–water partition coefficient (Wildman–Crippen LogP) is 2.70. The van der Waals surface area contributed by atoms with Crippen molar-refractivity contribution in [2.45, 2.75) is 64.5 Å². The largest absolute Gasteiger partial charge is 0.467 e. The minimum atomic E-state index is -0.558. The Morgan fingerprint density at radius 1 is 1.04 bits per heavy atom. The summed E-state index contributed by atoms with van der Waals surface area (Å²) in [5, 5.41) is 6.02. The summed E-state index contributed by atoms with van der Waals surface area (Å²) < 4.78 is 4.82. The van der Waals surface area contributed by atoms with Gasteiger partial charge in [0, 0.05) is 6.04 Å². The third kappa shape index (κ3) is 3.64. The highest BCUT2D eigenvalue weighted by molar-refractivity contribution is 5.83. The lowest BCUT2D eigenvalue weighted by Gasteiger charge is -2.54. The van der Waals surface area contributed by atoms with Gasteiger partial charge in [0.25, 0.3) is 0 Å². The molecule has 23 heavy (non-hydrogen) atoms. The van der Waals surface area contributed by atoms with Crippen LogP contribution in [-0.4, -0.2) is 31.2 Å². The fourth-order valence-electron chi connectivity index (χ4n) is 5.34. The van der Waals surface area contributed by atoms with Crippen LogP contribution in [0, 0.1) is 29.6 Å². The Bertz CT molecular complexity index is 435. The maximum absolute atomic E-state index is 12.4. The van der Waals surface area contributed by atoms with E-state index >= 15 is 0 Å². The van der Waals surface area contributed by atoms with Gasteiger partial charge in [-0.3, -0.25) is 0 Å². The van der Waals surface area contributed by atoms with Crippen LogP contribution in [0.4, 0.5) is 4.79 Å². The number of esters is 1. The van der Waals surface area contributed by atoms with Gasteiger partial charge in [-0.1, -0.05) is 13.8 Å². The number of methoxy groups -OCH3 is 1. The topological polar surface area (TPSA) is 67.4 Å². The molecule has 0 aromatic rings. The molecule has 5 nitrogen and oxygen atoms in total. The summed E-state index contributed by atoms with van der Waals surface area (Å²) in [5.74, 6) is 3.02. The lowest BCUT2D eigenvalue weighted by atomic mass is 9.54. The van der Waals surface area contributed by atoms with Crippen molar-refractivity contribution in [1.29, 1.82) is 0 Å². The molecule has 2 amide bonds. The molecule has 4 aliphatic rings. The van der Waals surface area contributed by atoms with Crippen LogP contribution in [0.5, 0.6) is 0 Å². The zero-order valence-corrected chi connectivity index (χ0v) is 14.5. The molecular weight excluding hydrogens is 292 g/mol. The second-order valence-corrected chi connectivity index (χ2v) is 8.28. The van der Waals surface area contributed by atoms with E-state index in [4.69, 9.17) is 4.74 Å². The Labute approximate surface area is 138 Å². The van der Waals surface area contributed by atoms with Gasteiger partial charge in [-0.15, -0.1) is 0 Å². The van der Waals surface area contributed by atoms with Crippen molar-refractivity contribution in [2.75, 3.05) is 7.11 Å². The van der Waals surface area contributed by atoms with Gasteiger partial charge >= 0.3 is 12.0 Å². The van der Waals surface area contributed by atoms with Gasteiger partial charge in [0.1, 0.15) is 6.04 Å². The van der Waals surface area contributed by atoms with E-state index in [1.807, 2.05) is 13.8 Å². The van der Waals surface area contributed by atoms with Gasteiger partial charge in [-0.05, 0) is 68.1 Å². The van der Waals surface area contributed by atoms with Crippen LogP contribution in [0.2, 0.25) is 0 Å². The summed E-state index contributed by atoms with van der Waals surface area (Å²) in [6.07, 6.45) is 7.08. The summed E-state index contributed by atoms with van der Waals surface area (Å²) in [7, 11) is 1.37. The number of carbonyl (C=O) groups excluding carboxylic acids is 2. The summed E-state index contributed by atoms with van der Waals surface area (Å²) in [5.41, 5.74) is 0. The van der Waals surface area contributed by atoms with Gasteiger partial charge in [0.2, 0.25) is 0 Å². The standard InChI is InChI=1S/C18H30N2O3/c1-10(2)4-15(17(21)23-3)19-18(22)20-16-13-6-11-5-12(8-13)9-14(16)7-11/h10-16H,4-9H2,1-3H3,(H2,19,20,22)/t11?,12?,13?,14?,15-,16?/m0/s1. The highest BCUT2D eigenvalue weighted by Crippen LogP contribution is 2.53. The smallest absolute Gasteiger partial charge is 0.328 e. The molecule has 0 aromatic carbocycles. The number of rotatable bonds is 5. The average molecular weight is 322 g/mol. The molecule has 4 fully saturated rings. The van der Waals surface area contributed by atoms with Crippen molar-refractivity contribution in [3.8, 4) is 0 Å². The molecule has 0 spiro atoms. The van der Waals surface area contributed by atoms with Crippen LogP contribution in [0.25, 0.3) is 0 Å². The summed E-state index contributed by atoms with van der Waals surface area (Å²) in [4.78, 5) is 24.3. The predicted molar refractivity (Wildman–Crippen MR) is 87.8 cm³/mol. The van der Waals surface area contributed by atoms with Crippen LogP contribution in [0.3, 0.4) is 0 Å². The number of hydrogen-bond acceptors (Lipinski definition) is 3. The van der Waals surface area contributed by atoms with E-state index in [0.717, 1.165) is 11.8 Å². The second kappa shape index (κ2) is 6.70. The molecule has 4 bridgehead atoms. The van der Waals surface area contributed by atoms with Gasteiger partial charge in [-0.25, -0.2) is 9.59 Å². The molecule has 1 atom stereocenters. The summed E-state index contributed by atoms with van der Waals surface area (Å²) in [6.45, 7) is 4.07. The van der Waals surface area contributed by atoms with Gasteiger partial charge in [0.15, 0.2) is 0 Å². The van der Waals surface area contributed by atoms with E-state index in [1.54, 1.807) is 0 Å². The fraction of sp³-hybridized carbons (Fsp3) is 0.889. The van der Waals surface area contributed by atoms with Crippen LogP contribution < -0.4 is 10.6 Å². The molecule has 0 aliphatic heterocycles. The fourth-order valence-corrected chi connectivity index (χ4v) is 5.34. The molecule has 130 valence electrons. The Kier molecular flexibility index (Phi) is 4.83.